The predicted molar refractivity (Wildman–Crippen MR) is 94.2 cm³/mol. The zero-order valence-electron chi connectivity index (χ0n) is 14.8. The van der Waals surface area contributed by atoms with Crippen LogP contribution in [0.2, 0.25) is 0 Å². The van der Waals surface area contributed by atoms with Gasteiger partial charge in [-0.25, -0.2) is 14.8 Å². The van der Waals surface area contributed by atoms with Crippen molar-refractivity contribution in [3.05, 3.63) is 23.8 Å². The molecule has 3 amide bonds. The molecular formula is C18H27N5O2. The lowest BCUT2D eigenvalue weighted by molar-refractivity contribution is 0.0912. The Morgan fingerprint density at radius 2 is 1.72 bits per heavy atom. The van der Waals surface area contributed by atoms with Crippen molar-refractivity contribution < 1.29 is 9.59 Å². The Labute approximate surface area is 148 Å². The Kier molecular flexibility index (Phi) is 5.83. The number of carbonyl (C=O) groups excluding carboxylic acids is 2. The number of amides is 3. The normalized spacial score (nSPS) is 19.5. The van der Waals surface area contributed by atoms with Crippen molar-refractivity contribution in [1.82, 2.24) is 25.5 Å². The van der Waals surface area contributed by atoms with Gasteiger partial charge in [-0.15, -0.1) is 0 Å². The molecule has 1 aromatic heterocycles. The van der Waals surface area contributed by atoms with E-state index in [1.165, 1.54) is 19.3 Å². The van der Waals surface area contributed by atoms with E-state index in [9.17, 15) is 9.59 Å². The van der Waals surface area contributed by atoms with E-state index >= 15 is 0 Å². The summed E-state index contributed by atoms with van der Waals surface area (Å²) in [4.78, 5) is 34.6. The van der Waals surface area contributed by atoms with Crippen LogP contribution in [0.3, 0.4) is 0 Å². The third-order valence-corrected chi connectivity index (χ3v) is 5.06. The summed E-state index contributed by atoms with van der Waals surface area (Å²) in [5.74, 6) is 0.414. The molecule has 0 atom stereocenters. The number of rotatable bonds is 3. The molecule has 2 fully saturated rings. The number of likely N-dealkylation sites (tertiary alicyclic amines) is 1. The lowest BCUT2D eigenvalue weighted by Gasteiger charge is -2.34. The highest BCUT2D eigenvalue weighted by molar-refractivity contribution is 5.92. The van der Waals surface area contributed by atoms with Crippen LogP contribution in [0, 0.1) is 6.92 Å². The minimum atomic E-state index is -0.171. The minimum Gasteiger partial charge on any atom is -0.348 e. The number of aromatic nitrogens is 2. The molecule has 0 spiro atoms. The molecule has 1 aliphatic heterocycles. The molecule has 136 valence electrons. The first-order chi connectivity index (χ1) is 12.1. The van der Waals surface area contributed by atoms with Gasteiger partial charge in [-0.2, -0.15) is 0 Å². The number of carbonyl (C=O) groups is 2. The van der Waals surface area contributed by atoms with E-state index in [0.29, 0.717) is 30.6 Å². The average molecular weight is 345 g/mol. The van der Waals surface area contributed by atoms with Crippen molar-refractivity contribution in [2.75, 3.05) is 13.1 Å². The fraction of sp³-hybridized carbons (Fsp3) is 0.667. The van der Waals surface area contributed by atoms with Gasteiger partial charge in [0.1, 0.15) is 11.5 Å². The molecule has 2 heterocycles. The van der Waals surface area contributed by atoms with Crippen molar-refractivity contribution in [2.45, 2.75) is 64.0 Å². The summed E-state index contributed by atoms with van der Waals surface area (Å²) in [5.41, 5.74) is 0.393. The predicted octanol–water partition coefficient (Wildman–Crippen LogP) is 2.02. The maximum absolute atomic E-state index is 12.4. The highest BCUT2D eigenvalue weighted by Gasteiger charge is 2.26. The van der Waals surface area contributed by atoms with E-state index in [1.807, 2.05) is 4.90 Å². The molecule has 7 nitrogen and oxygen atoms in total. The summed E-state index contributed by atoms with van der Waals surface area (Å²) in [6, 6.07) is 2.08. The Hall–Kier alpha value is -2.18. The Balaban J connectivity index is 1.43. The van der Waals surface area contributed by atoms with Crippen LogP contribution >= 0.6 is 0 Å². The van der Waals surface area contributed by atoms with Gasteiger partial charge in [-0.05, 0) is 38.7 Å². The Morgan fingerprint density at radius 3 is 2.40 bits per heavy atom. The first kappa shape index (κ1) is 17.6. The van der Waals surface area contributed by atoms with Crippen LogP contribution in [0.1, 0.15) is 61.3 Å². The number of hydrogen-bond acceptors (Lipinski definition) is 4. The van der Waals surface area contributed by atoms with Crippen molar-refractivity contribution >= 4 is 11.9 Å². The molecule has 0 aromatic carbocycles. The first-order valence-corrected chi connectivity index (χ1v) is 9.28. The molecule has 1 aromatic rings. The number of urea groups is 1. The van der Waals surface area contributed by atoms with Gasteiger partial charge in [0.15, 0.2) is 0 Å². The molecule has 0 bridgehead atoms. The molecular weight excluding hydrogens is 318 g/mol. The molecule has 2 aliphatic rings. The fourth-order valence-corrected chi connectivity index (χ4v) is 3.58. The second-order valence-electron chi connectivity index (χ2n) is 7.01. The van der Waals surface area contributed by atoms with Gasteiger partial charge < -0.3 is 15.5 Å². The molecule has 0 unspecified atom stereocenters. The van der Waals surface area contributed by atoms with Gasteiger partial charge in [0.2, 0.25) is 0 Å². The summed E-state index contributed by atoms with van der Waals surface area (Å²) in [6.45, 7) is 3.11. The summed E-state index contributed by atoms with van der Waals surface area (Å²) in [6.07, 6.45) is 9.02. The minimum absolute atomic E-state index is 0.0445. The SMILES string of the molecule is Cc1nccc(C(=O)NC2CCN(C(=O)NC3CCCCC3)CC2)n1. The maximum Gasteiger partial charge on any atom is 0.317 e. The number of nitrogens with one attached hydrogen (secondary N) is 2. The third-order valence-electron chi connectivity index (χ3n) is 5.06. The smallest absolute Gasteiger partial charge is 0.317 e. The third kappa shape index (κ3) is 4.90. The number of aryl methyl sites for hydroxylation is 1. The lowest BCUT2D eigenvalue weighted by Crippen LogP contribution is -2.51. The molecule has 25 heavy (non-hydrogen) atoms. The largest absolute Gasteiger partial charge is 0.348 e. The average Bonchev–Trinajstić information content (AvgIpc) is 2.63. The number of nitrogens with zero attached hydrogens (tertiary/aromatic N) is 3. The van der Waals surface area contributed by atoms with Crippen LogP contribution in [0.25, 0.3) is 0 Å². The van der Waals surface area contributed by atoms with E-state index in [-0.39, 0.29) is 18.0 Å². The highest BCUT2D eigenvalue weighted by atomic mass is 16.2. The molecule has 1 saturated carbocycles. The van der Waals surface area contributed by atoms with Crippen molar-refractivity contribution in [2.24, 2.45) is 0 Å². The van der Waals surface area contributed by atoms with E-state index in [1.54, 1.807) is 19.2 Å². The van der Waals surface area contributed by atoms with Gasteiger partial charge >= 0.3 is 6.03 Å². The zero-order valence-corrected chi connectivity index (χ0v) is 14.8. The Bertz CT molecular complexity index is 607. The van der Waals surface area contributed by atoms with Crippen LogP contribution in [0.5, 0.6) is 0 Å². The molecule has 3 rings (SSSR count). The van der Waals surface area contributed by atoms with Gasteiger partial charge in [0, 0.05) is 31.4 Å². The molecule has 0 radical (unpaired) electrons. The Morgan fingerprint density at radius 1 is 1.04 bits per heavy atom. The maximum atomic E-state index is 12.4. The van der Waals surface area contributed by atoms with Gasteiger partial charge in [0.25, 0.3) is 5.91 Å². The summed E-state index contributed by atoms with van der Waals surface area (Å²) < 4.78 is 0. The standard InChI is InChI=1S/C18H27N5O2/c1-13-19-10-7-16(20-13)17(24)21-15-8-11-23(12-9-15)18(25)22-14-5-3-2-4-6-14/h7,10,14-15H,2-6,8-9,11-12H2,1H3,(H,21,24)(H,22,25). The quantitative estimate of drug-likeness (QED) is 0.877. The number of piperidine rings is 1. The van der Waals surface area contributed by atoms with E-state index in [0.717, 1.165) is 25.7 Å². The van der Waals surface area contributed by atoms with Gasteiger partial charge in [-0.1, -0.05) is 19.3 Å². The van der Waals surface area contributed by atoms with Crippen molar-refractivity contribution in [1.29, 1.82) is 0 Å². The monoisotopic (exact) mass is 345 g/mol. The first-order valence-electron chi connectivity index (χ1n) is 9.28. The number of hydrogen-bond donors (Lipinski definition) is 2. The fourth-order valence-electron chi connectivity index (χ4n) is 3.58. The van der Waals surface area contributed by atoms with Crippen LogP contribution in [0.15, 0.2) is 12.3 Å². The molecule has 1 saturated heterocycles. The van der Waals surface area contributed by atoms with Crippen LogP contribution in [0.4, 0.5) is 4.79 Å². The molecule has 1 aliphatic carbocycles. The second kappa shape index (κ2) is 8.27. The van der Waals surface area contributed by atoms with Gasteiger partial charge in [0.05, 0.1) is 0 Å². The lowest BCUT2D eigenvalue weighted by atomic mass is 9.95. The summed E-state index contributed by atoms with van der Waals surface area (Å²) in [5, 5.41) is 6.17. The highest BCUT2D eigenvalue weighted by Crippen LogP contribution is 2.18. The van der Waals surface area contributed by atoms with Crippen LogP contribution in [-0.2, 0) is 0 Å². The topological polar surface area (TPSA) is 87.2 Å². The summed E-state index contributed by atoms with van der Waals surface area (Å²) in [7, 11) is 0. The van der Waals surface area contributed by atoms with Crippen LogP contribution in [-0.4, -0.2) is 52.0 Å². The summed E-state index contributed by atoms with van der Waals surface area (Å²) >= 11 is 0. The second-order valence-corrected chi connectivity index (χ2v) is 7.01. The van der Waals surface area contributed by atoms with E-state index in [4.69, 9.17) is 0 Å². The van der Waals surface area contributed by atoms with Gasteiger partial charge in [-0.3, -0.25) is 4.79 Å². The van der Waals surface area contributed by atoms with Crippen molar-refractivity contribution in [3.63, 3.8) is 0 Å². The van der Waals surface area contributed by atoms with E-state index < -0.39 is 0 Å². The molecule has 2 N–H and O–H groups in total. The van der Waals surface area contributed by atoms with Crippen molar-refractivity contribution in [3.8, 4) is 0 Å². The van der Waals surface area contributed by atoms with E-state index in [2.05, 4.69) is 20.6 Å². The zero-order chi connectivity index (χ0) is 17.6. The van der Waals surface area contributed by atoms with Crippen LogP contribution < -0.4 is 10.6 Å². The molecule has 7 heteroatoms.